The minimum Gasteiger partial charge on any atom is -0.406 e. The fraction of sp³-hybridized carbons (Fsp3) is 0.333. The first-order valence-corrected chi connectivity index (χ1v) is 11.5. The largest absolute Gasteiger partial charge is 0.573 e. The van der Waals surface area contributed by atoms with E-state index in [0.717, 1.165) is 18.9 Å². The van der Waals surface area contributed by atoms with Crippen LogP contribution in [0.1, 0.15) is 31.7 Å². The van der Waals surface area contributed by atoms with Crippen LogP contribution in [-0.2, 0) is 10.0 Å². The Hall–Kier alpha value is -2.92. The van der Waals surface area contributed by atoms with Gasteiger partial charge in [0.2, 0.25) is 10.0 Å². The molecule has 1 saturated carbocycles. The van der Waals surface area contributed by atoms with Crippen LogP contribution in [0.5, 0.6) is 5.75 Å². The van der Waals surface area contributed by atoms with Gasteiger partial charge in [-0.25, -0.2) is 13.1 Å². The standard InChI is InChI=1S/C21H21F3N4O3S/c22-21(23,24)31-19-9-16(15-5-2-1-3-6-15)10-20(12-19)32(29,30)27-17-7-4-8-18(11-17)28-13-25-26-14-28/h1-3,5-6,9-10,12-14,17-18,27H,4,7-8,11H2. The quantitative estimate of drug-likeness (QED) is 0.585. The number of hydrogen-bond acceptors (Lipinski definition) is 5. The third kappa shape index (κ3) is 5.46. The van der Waals surface area contributed by atoms with Crippen molar-refractivity contribution in [3.05, 3.63) is 61.2 Å². The second-order valence-electron chi connectivity index (χ2n) is 7.65. The Morgan fingerprint density at radius 3 is 2.41 bits per heavy atom. The Balaban J connectivity index is 1.62. The van der Waals surface area contributed by atoms with Gasteiger partial charge in [0, 0.05) is 18.2 Å². The Morgan fingerprint density at radius 1 is 1.00 bits per heavy atom. The van der Waals surface area contributed by atoms with Gasteiger partial charge in [-0.3, -0.25) is 0 Å². The predicted molar refractivity (Wildman–Crippen MR) is 110 cm³/mol. The van der Waals surface area contributed by atoms with Gasteiger partial charge in [-0.15, -0.1) is 23.4 Å². The maximum Gasteiger partial charge on any atom is 0.573 e. The molecular formula is C21H21F3N4O3S. The number of rotatable bonds is 6. The molecule has 1 heterocycles. The minimum absolute atomic E-state index is 0.0474. The van der Waals surface area contributed by atoms with Gasteiger partial charge >= 0.3 is 6.36 Å². The SMILES string of the molecule is O=S(=O)(NC1CCCC(n2cnnc2)C1)c1cc(OC(F)(F)F)cc(-c2ccccc2)c1. The highest BCUT2D eigenvalue weighted by molar-refractivity contribution is 7.89. The van der Waals surface area contributed by atoms with E-state index in [-0.39, 0.29) is 17.0 Å². The highest BCUT2D eigenvalue weighted by atomic mass is 32.2. The first-order chi connectivity index (χ1) is 15.2. The highest BCUT2D eigenvalue weighted by Gasteiger charge is 2.33. The predicted octanol–water partition coefficient (Wildman–Crippen LogP) is 4.31. The van der Waals surface area contributed by atoms with Gasteiger partial charge < -0.3 is 9.30 Å². The lowest BCUT2D eigenvalue weighted by molar-refractivity contribution is -0.274. The lowest BCUT2D eigenvalue weighted by Gasteiger charge is -2.30. The van der Waals surface area contributed by atoms with Crippen molar-refractivity contribution in [3.8, 4) is 16.9 Å². The van der Waals surface area contributed by atoms with Gasteiger partial charge in [-0.2, -0.15) is 0 Å². The molecule has 1 fully saturated rings. The molecule has 0 bridgehead atoms. The van der Waals surface area contributed by atoms with Gasteiger partial charge in [-0.1, -0.05) is 30.3 Å². The maximum atomic E-state index is 13.1. The van der Waals surface area contributed by atoms with Crippen LogP contribution in [0.4, 0.5) is 13.2 Å². The summed E-state index contributed by atoms with van der Waals surface area (Å²) < 4.78 is 73.3. The molecule has 4 rings (SSSR count). The summed E-state index contributed by atoms with van der Waals surface area (Å²) in [5, 5.41) is 7.58. The monoisotopic (exact) mass is 466 g/mol. The van der Waals surface area contributed by atoms with E-state index in [1.165, 1.54) is 12.1 Å². The molecular weight excluding hydrogens is 445 g/mol. The molecule has 1 N–H and O–H groups in total. The number of ether oxygens (including phenoxy) is 1. The Morgan fingerprint density at radius 2 is 1.72 bits per heavy atom. The number of halogens is 3. The summed E-state index contributed by atoms with van der Waals surface area (Å²) in [6, 6.07) is 11.6. The summed E-state index contributed by atoms with van der Waals surface area (Å²) in [5.41, 5.74) is 0.876. The van der Waals surface area contributed by atoms with Crippen molar-refractivity contribution in [2.75, 3.05) is 0 Å². The zero-order valence-electron chi connectivity index (χ0n) is 16.9. The van der Waals surface area contributed by atoms with Gasteiger partial charge in [0.15, 0.2) is 0 Å². The van der Waals surface area contributed by atoms with E-state index < -0.39 is 22.1 Å². The molecule has 2 aromatic carbocycles. The van der Waals surface area contributed by atoms with Crippen LogP contribution in [-0.4, -0.2) is 35.6 Å². The summed E-state index contributed by atoms with van der Waals surface area (Å²) in [7, 11) is -4.10. The summed E-state index contributed by atoms with van der Waals surface area (Å²) in [6.07, 6.45) is 1.05. The second kappa shape index (κ2) is 8.91. The first-order valence-electron chi connectivity index (χ1n) is 10.0. The van der Waals surface area contributed by atoms with Crippen molar-refractivity contribution >= 4 is 10.0 Å². The fourth-order valence-corrected chi connectivity index (χ4v) is 5.29. The first kappa shape index (κ1) is 22.3. The van der Waals surface area contributed by atoms with Crippen LogP contribution < -0.4 is 9.46 Å². The maximum absolute atomic E-state index is 13.1. The van der Waals surface area contributed by atoms with E-state index in [1.807, 2.05) is 4.57 Å². The molecule has 0 amide bonds. The Kier molecular flexibility index (Phi) is 6.20. The van der Waals surface area contributed by atoms with Crippen molar-refractivity contribution in [1.82, 2.24) is 19.5 Å². The van der Waals surface area contributed by atoms with Crippen molar-refractivity contribution in [2.45, 2.75) is 49.0 Å². The topological polar surface area (TPSA) is 86.1 Å². The summed E-state index contributed by atoms with van der Waals surface area (Å²) >= 11 is 0. The number of alkyl halides is 3. The van der Waals surface area contributed by atoms with Crippen LogP contribution in [0.2, 0.25) is 0 Å². The smallest absolute Gasteiger partial charge is 0.406 e. The van der Waals surface area contributed by atoms with E-state index in [0.29, 0.717) is 24.0 Å². The molecule has 2 atom stereocenters. The van der Waals surface area contributed by atoms with Crippen LogP contribution in [0, 0.1) is 0 Å². The van der Waals surface area contributed by atoms with E-state index in [4.69, 9.17) is 0 Å². The normalized spacial score (nSPS) is 19.6. The number of sulfonamides is 1. The van der Waals surface area contributed by atoms with Crippen molar-refractivity contribution < 1.29 is 26.3 Å². The lowest BCUT2D eigenvalue weighted by atomic mass is 9.91. The molecule has 0 aliphatic heterocycles. The Labute approximate surface area is 183 Å². The number of benzene rings is 2. The molecule has 1 aliphatic carbocycles. The van der Waals surface area contributed by atoms with Crippen molar-refractivity contribution in [2.24, 2.45) is 0 Å². The van der Waals surface area contributed by atoms with Gasteiger partial charge in [0.05, 0.1) is 4.90 Å². The number of hydrogen-bond donors (Lipinski definition) is 1. The number of aromatic nitrogens is 3. The zero-order chi connectivity index (χ0) is 22.8. The summed E-state index contributed by atoms with van der Waals surface area (Å²) in [4.78, 5) is -0.287. The molecule has 3 aromatic rings. The van der Waals surface area contributed by atoms with E-state index in [2.05, 4.69) is 19.7 Å². The molecule has 0 radical (unpaired) electrons. The third-order valence-corrected chi connectivity index (χ3v) is 6.86. The average molecular weight is 466 g/mol. The summed E-state index contributed by atoms with van der Waals surface area (Å²) in [6.45, 7) is 0. The average Bonchev–Trinajstić information content (AvgIpc) is 3.28. The van der Waals surface area contributed by atoms with Gasteiger partial charge in [0.1, 0.15) is 18.4 Å². The highest BCUT2D eigenvalue weighted by Crippen LogP contribution is 2.33. The van der Waals surface area contributed by atoms with Crippen LogP contribution >= 0.6 is 0 Å². The molecule has 2 unspecified atom stereocenters. The van der Waals surface area contributed by atoms with E-state index in [1.54, 1.807) is 43.0 Å². The van der Waals surface area contributed by atoms with Crippen molar-refractivity contribution in [3.63, 3.8) is 0 Å². The fourth-order valence-electron chi connectivity index (χ4n) is 3.94. The van der Waals surface area contributed by atoms with E-state index >= 15 is 0 Å². The summed E-state index contributed by atoms with van der Waals surface area (Å²) in [5.74, 6) is -0.592. The van der Waals surface area contributed by atoms with Crippen molar-refractivity contribution in [1.29, 1.82) is 0 Å². The number of nitrogens with zero attached hydrogens (tertiary/aromatic N) is 3. The second-order valence-corrected chi connectivity index (χ2v) is 9.37. The molecule has 1 aliphatic rings. The molecule has 11 heteroatoms. The van der Waals surface area contributed by atoms with Crippen LogP contribution in [0.15, 0.2) is 66.1 Å². The molecule has 170 valence electrons. The lowest BCUT2D eigenvalue weighted by Crippen LogP contribution is -2.38. The molecule has 1 aromatic heterocycles. The molecule has 0 saturated heterocycles. The van der Waals surface area contributed by atoms with Crippen LogP contribution in [0.25, 0.3) is 11.1 Å². The Bertz CT molecular complexity index is 1150. The molecule has 0 spiro atoms. The molecule has 7 nitrogen and oxygen atoms in total. The number of nitrogens with one attached hydrogen (secondary N) is 1. The minimum atomic E-state index is -4.95. The van der Waals surface area contributed by atoms with Crippen LogP contribution in [0.3, 0.4) is 0 Å². The van der Waals surface area contributed by atoms with Gasteiger partial charge in [-0.05, 0) is 48.9 Å². The van der Waals surface area contributed by atoms with E-state index in [9.17, 15) is 21.6 Å². The zero-order valence-corrected chi connectivity index (χ0v) is 17.7. The third-order valence-electron chi connectivity index (χ3n) is 5.36. The van der Waals surface area contributed by atoms with Gasteiger partial charge in [0.25, 0.3) is 0 Å². The molecule has 32 heavy (non-hydrogen) atoms.